The molecule has 0 spiro atoms. The molecule has 2 aliphatic rings. The van der Waals surface area contributed by atoms with Crippen LogP contribution in [0.1, 0.15) is 44.1 Å². The van der Waals surface area contributed by atoms with Crippen molar-refractivity contribution in [3.63, 3.8) is 0 Å². The SMILES string of the molecule is O=[N+]([O-])c1ccc(/C=C/CC2(C3CCCCC3)OCCO2)cc1. The molecule has 0 unspecified atom stereocenters. The van der Waals surface area contributed by atoms with Crippen molar-refractivity contribution in [2.75, 3.05) is 13.2 Å². The second-order valence-electron chi connectivity index (χ2n) is 6.30. The molecule has 1 aliphatic carbocycles. The van der Waals surface area contributed by atoms with E-state index in [2.05, 4.69) is 6.08 Å². The summed E-state index contributed by atoms with van der Waals surface area (Å²) in [6.45, 7) is 1.34. The van der Waals surface area contributed by atoms with Gasteiger partial charge in [-0.05, 0) is 30.5 Å². The first-order valence-electron chi connectivity index (χ1n) is 8.38. The molecule has 23 heavy (non-hydrogen) atoms. The van der Waals surface area contributed by atoms with E-state index < -0.39 is 5.79 Å². The van der Waals surface area contributed by atoms with Crippen molar-refractivity contribution < 1.29 is 14.4 Å². The maximum atomic E-state index is 10.7. The first-order valence-corrected chi connectivity index (χ1v) is 8.38. The van der Waals surface area contributed by atoms with E-state index in [9.17, 15) is 10.1 Å². The summed E-state index contributed by atoms with van der Waals surface area (Å²) >= 11 is 0. The average Bonchev–Trinajstić information content (AvgIpc) is 3.06. The van der Waals surface area contributed by atoms with Gasteiger partial charge in [-0.3, -0.25) is 10.1 Å². The van der Waals surface area contributed by atoms with E-state index in [0.29, 0.717) is 19.1 Å². The standard InChI is InChI=1S/C18H23NO4/c20-19(21)17-10-8-15(9-11-17)5-4-12-18(22-13-14-23-18)16-6-2-1-3-7-16/h4-5,8-11,16H,1-3,6-7,12-14H2/b5-4+. The first-order chi connectivity index (χ1) is 11.2. The molecule has 0 amide bonds. The van der Waals surface area contributed by atoms with E-state index >= 15 is 0 Å². The molecule has 1 aromatic carbocycles. The number of nitrogens with zero attached hydrogens (tertiary/aromatic N) is 1. The van der Waals surface area contributed by atoms with E-state index in [1.807, 2.05) is 6.08 Å². The lowest BCUT2D eigenvalue weighted by Gasteiger charge is -2.37. The van der Waals surface area contributed by atoms with E-state index in [0.717, 1.165) is 12.0 Å². The molecular formula is C18H23NO4. The van der Waals surface area contributed by atoms with Gasteiger partial charge in [-0.1, -0.05) is 31.4 Å². The minimum atomic E-state index is -0.461. The average molecular weight is 317 g/mol. The van der Waals surface area contributed by atoms with Gasteiger partial charge in [0.25, 0.3) is 5.69 Å². The summed E-state index contributed by atoms with van der Waals surface area (Å²) in [5.74, 6) is 0.0118. The Morgan fingerprint density at radius 3 is 2.39 bits per heavy atom. The fourth-order valence-electron chi connectivity index (χ4n) is 3.60. The third-order valence-corrected chi connectivity index (χ3v) is 4.82. The molecule has 0 radical (unpaired) electrons. The highest BCUT2D eigenvalue weighted by molar-refractivity contribution is 5.51. The zero-order chi connectivity index (χ0) is 16.1. The monoisotopic (exact) mass is 317 g/mol. The molecule has 0 N–H and O–H groups in total. The number of ether oxygens (including phenoxy) is 2. The molecule has 5 nitrogen and oxygen atoms in total. The lowest BCUT2D eigenvalue weighted by atomic mass is 9.81. The van der Waals surface area contributed by atoms with E-state index in [-0.39, 0.29) is 10.6 Å². The van der Waals surface area contributed by atoms with Crippen molar-refractivity contribution in [3.05, 3.63) is 46.0 Å². The molecule has 1 aromatic rings. The summed E-state index contributed by atoms with van der Waals surface area (Å²) < 4.78 is 12.0. The van der Waals surface area contributed by atoms with Gasteiger partial charge in [0.2, 0.25) is 0 Å². The van der Waals surface area contributed by atoms with Crippen molar-refractivity contribution in [2.45, 2.75) is 44.3 Å². The summed E-state index contributed by atoms with van der Waals surface area (Å²) in [5.41, 5.74) is 1.07. The molecule has 0 atom stereocenters. The van der Waals surface area contributed by atoms with Gasteiger partial charge in [-0.2, -0.15) is 0 Å². The Morgan fingerprint density at radius 1 is 1.13 bits per heavy atom. The van der Waals surface area contributed by atoms with Gasteiger partial charge < -0.3 is 9.47 Å². The summed E-state index contributed by atoms with van der Waals surface area (Å²) in [7, 11) is 0. The normalized spacial score (nSPS) is 21.7. The molecule has 124 valence electrons. The Hall–Kier alpha value is -1.72. The van der Waals surface area contributed by atoms with Gasteiger partial charge in [-0.15, -0.1) is 0 Å². The minimum Gasteiger partial charge on any atom is -0.347 e. The topological polar surface area (TPSA) is 61.6 Å². The van der Waals surface area contributed by atoms with Crippen LogP contribution in [0.5, 0.6) is 0 Å². The zero-order valence-corrected chi connectivity index (χ0v) is 13.3. The largest absolute Gasteiger partial charge is 0.347 e. The molecule has 2 fully saturated rings. The van der Waals surface area contributed by atoms with E-state index in [1.165, 1.54) is 44.2 Å². The quantitative estimate of drug-likeness (QED) is 0.599. The fraction of sp³-hybridized carbons (Fsp3) is 0.556. The second kappa shape index (κ2) is 7.23. The number of benzene rings is 1. The molecule has 1 aliphatic heterocycles. The third kappa shape index (κ3) is 3.79. The van der Waals surface area contributed by atoms with Crippen LogP contribution < -0.4 is 0 Å². The highest BCUT2D eigenvalue weighted by Gasteiger charge is 2.43. The van der Waals surface area contributed by atoms with Crippen LogP contribution >= 0.6 is 0 Å². The van der Waals surface area contributed by atoms with Crippen molar-refractivity contribution in [3.8, 4) is 0 Å². The lowest BCUT2D eigenvalue weighted by Crippen LogP contribution is -2.39. The van der Waals surface area contributed by atoms with Crippen molar-refractivity contribution in [2.24, 2.45) is 5.92 Å². The van der Waals surface area contributed by atoms with Crippen LogP contribution in [0.2, 0.25) is 0 Å². The Labute approximate surface area is 136 Å². The summed E-state index contributed by atoms with van der Waals surface area (Å²) in [6, 6.07) is 6.58. The summed E-state index contributed by atoms with van der Waals surface area (Å²) in [4.78, 5) is 10.3. The van der Waals surface area contributed by atoms with Crippen LogP contribution in [0.15, 0.2) is 30.3 Å². The second-order valence-corrected chi connectivity index (χ2v) is 6.30. The third-order valence-electron chi connectivity index (χ3n) is 4.82. The van der Waals surface area contributed by atoms with Gasteiger partial charge in [0, 0.05) is 24.5 Å². The molecule has 1 saturated carbocycles. The highest BCUT2D eigenvalue weighted by atomic mass is 16.7. The Bertz CT molecular complexity index is 555. The van der Waals surface area contributed by atoms with Crippen LogP contribution in [0.3, 0.4) is 0 Å². The van der Waals surface area contributed by atoms with Crippen molar-refractivity contribution in [1.29, 1.82) is 0 Å². The molecule has 1 saturated heterocycles. The van der Waals surface area contributed by atoms with Crippen LogP contribution in [0, 0.1) is 16.0 Å². The van der Waals surface area contributed by atoms with Crippen LogP contribution in [-0.4, -0.2) is 23.9 Å². The number of nitro benzene ring substituents is 1. The van der Waals surface area contributed by atoms with Gasteiger partial charge in [0.1, 0.15) is 0 Å². The Balaban J connectivity index is 1.65. The summed E-state index contributed by atoms with van der Waals surface area (Å²) in [5, 5.41) is 10.7. The summed E-state index contributed by atoms with van der Waals surface area (Å²) in [6.07, 6.45) is 11.0. The molecule has 5 heteroatoms. The maximum Gasteiger partial charge on any atom is 0.269 e. The van der Waals surface area contributed by atoms with Gasteiger partial charge in [-0.25, -0.2) is 0 Å². The first kappa shape index (κ1) is 16.1. The van der Waals surface area contributed by atoms with E-state index in [1.54, 1.807) is 12.1 Å². The number of nitro groups is 1. The maximum absolute atomic E-state index is 10.7. The molecule has 0 aromatic heterocycles. The van der Waals surface area contributed by atoms with Crippen LogP contribution in [0.25, 0.3) is 6.08 Å². The minimum absolute atomic E-state index is 0.114. The Morgan fingerprint density at radius 2 is 1.78 bits per heavy atom. The van der Waals surface area contributed by atoms with Crippen molar-refractivity contribution in [1.82, 2.24) is 0 Å². The lowest BCUT2D eigenvalue weighted by molar-refractivity contribution is -0.384. The zero-order valence-electron chi connectivity index (χ0n) is 13.3. The number of non-ortho nitro benzene ring substituents is 1. The smallest absolute Gasteiger partial charge is 0.269 e. The Kier molecular flexibility index (Phi) is 5.08. The van der Waals surface area contributed by atoms with E-state index in [4.69, 9.17) is 9.47 Å². The number of rotatable bonds is 5. The van der Waals surface area contributed by atoms with Gasteiger partial charge >= 0.3 is 0 Å². The number of hydrogen-bond donors (Lipinski definition) is 0. The molecule has 3 rings (SSSR count). The predicted molar refractivity (Wildman–Crippen MR) is 88.0 cm³/mol. The molecule has 1 heterocycles. The highest BCUT2D eigenvalue weighted by Crippen LogP contribution is 2.40. The molecular weight excluding hydrogens is 294 g/mol. The predicted octanol–water partition coefficient (Wildman–Crippen LogP) is 4.32. The van der Waals surface area contributed by atoms with Gasteiger partial charge in [0.05, 0.1) is 18.1 Å². The number of hydrogen-bond acceptors (Lipinski definition) is 4. The van der Waals surface area contributed by atoms with Crippen LogP contribution in [0.4, 0.5) is 5.69 Å². The van der Waals surface area contributed by atoms with Crippen molar-refractivity contribution >= 4 is 11.8 Å². The van der Waals surface area contributed by atoms with Gasteiger partial charge in [0.15, 0.2) is 5.79 Å². The molecule has 0 bridgehead atoms. The fourth-order valence-corrected chi connectivity index (χ4v) is 3.60. The van der Waals surface area contributed by atoms with Crippen LogP contribution in [-0.2, 0) is 9.47 Å².